The van der Waals surface area contributed by atoms with Crippen molar-refractivity contribution in [3.8, 4) is 5.69 Å². The molecule has 2 aromatic carbocycles. The third-order valence-corrected chi connectivity index (χ3v) is 5.44. The summed E-state index contributed by atoms with van der Waals surface area (Å²) in [5.74, 6) is -0.192. The van der Waals surface area contributed by atoms with Crippen LogP contribution in [0.1, 0.15) is 34.8 Å². The molecule has 0 spiro atoms. The van der Waals surface area contributed by atoms with Crippen LogP contribution >= 0.6 is 15.9 Å². The number of carbonyl (C=O) groups excluding carboxylic acids is 1. The van der Waals surface area contributed by atoms with Crippen molar-refractivity contribution >= 4 is 27.5 Å². The average molecular weight is 441 g/mol. The van der Waals surface area contributed by atoms with Gasteiger partial charge in [0.05, 0.1) is 17.3 Å². The molecular weight excluding hydrogens is 424 g/mol. The predicted molar refractivity (Wildman–Crippen MR) is 107 cm³/mol. The summed E-state index contributed by atoms with van der Waals surface area (Å²) in [7, 11) is 0. The van der Waals surface area contributed by atoms with Crippen LogP contribution in [0.15, 0.2) is 65.7 Å². The number of hydrogen-bond acceptors (Lipinski definition) is 4. The quantitative estimate of drug-likeness (QED) is 0.441. The molecule has 1 atom stereocenters. The van der Waals surface area contributed by atoms with Crippen LogP contribution in [0.3, 0.4) is 0 Å². The Balaban J connectivity index is 1.67. The Bertz CT molecular complexity index is 1040. The number of amides is 1. The highest BCUT2D eigenvalue weighted by molar-refractivity contribution is 9.10. The third kappa shape index (κ3) is 3.43. The molecule has 28 heavy (non-hydrogen) atoms. The lowest BCUT2D eigenvalue weighted by atomic mass is 10.0. The second-order valence-electron chi connectivity index (χ2n) is 6.64. The van der Waals surface area contributed by atoms with Crippen LogP contribution in [-0.2, 0) is 0 Å². The standard InChI is InChI=1S/C20H17BrN4O3/c21-16-4-1-3-14(11-16)17-5-2-9-24(17)20(26)15-6-7-18(19(12-15)25(27)28)23-10-8-22-13-23/h1,3-4,6-8,10-13,17H,2,5,9H2. The highest BCUT2D eigenvalue weighted by Crippen LogP contribution is 2.35. The molecule has 3 aromatic rings. The SMILES string of the molecule is O=C(c1ccc(-n2ccnc2)c([N+](=O)[O-])c1)N1CCCC1c1cccc(Br)c1. The smallest absolute Gasteiger partial charge is 0.294 e. The number of aromatic nitrogens is 2. The fraction of sp³-hybridized carbons (Fsp3) is 0.200. The summed E-state index contributed by atoms with van der Waals surface area (Å²) in [5.41, 5.74) is 1.63. The molecule has 1 unspecified atom stereocenters. The summed E-state index contributed by atoms with van der Waals surface area (Å²) < 4.78 is 2.52. The van der Waals surface area contributed by atoms with Gasteiger partial charge in [-0.3, -0.25) is 14.9 Å². The number of likely N-dealkylation sites (tertiary alicyclic amines) is 1. The highest BCUT2D eigenvalue weighted by atomic mass is 79.9. The number of rotatable bonds is 4. The number of carbonyl (C=O) groups is 1. The maximum atomic E-state index is 13.2. The van der Waals surface area contributed by atoms with Crippen molar-refractivity contribution in [1.82, 2.24) is 14.5 Å². The Morgan fingerprint density at radius 2 is 2.11 bits per heavy atom. The first-order valence-corrected chi connectivity index (χ1v) is 9.67. The van der Waals surface area contributed by atoms with Gasteiger partial charge in [-0.1, -0.05) is 28.1 Å². The molecule has 0 saturated carbocycles. The summed E-state index contributed by atoms with van der Waals surface area (Å²) in [5, 5.41) is 11.6. The minimum absolute atomic E-state index is 0.0302. The largest absolute Gasteiger partial charge is 0.332 e. The van der Waals surface area contributed by atoms with Gasteiger partial charge >= 0.3 is 0 Å². The Morgan fingerprint density at radius 1 is 1.25 bits per heavy atom. The summed E-state index contributed by atoms with van der Waals surface area (Å²) in [6.45, 7) is 0.632. The van der Waals surface area contributed by atoms with Crippen LogP contribution in [-0.4, -0.2) is 31.8 Å². The molecule has 0 radical (unpaired) electrons. The van der Waals surface area contributed by atoms with E-state index >= 15 is 0 Å². The van der Waals surface area contributed by atoms with Crippen molar-refractivity contribution in [3.05, 3.63) is 86.9 Å². The normalized spacial score (nSPS) is 16.3. The zero-order valence-electron chi connectivity index (χ0n) is 14.9. The second-order valence-corrected chi connectivity index (χ2v) is 7.56. The van der Waals surface area contributed by atoms with Crippen molar-refractivity contribution in [2.45, 2.75) is 18.9 Å². The van der Waals surface area contributed by atoms with Gasteiger partial charge in [-0.15, -0.1) is 0 Å². The van der Waals surface area contributed by atoms with Crippen molar-refractivity contribution < 1.29 is 9.72 Å². The van der Waals surface area contributed by atoms with Gasteiger partial charge < -0.3 is 9.47 Å². The molecule has 7 nitrogen and oxygen atoms in total. The van der Waals surface area contributed by atoms with Crippen LogP contribution in [0.4, 0.5) is 5.69 Å². The molecule has 0 aliphatic carbocycles. The van der Waals surface area contributed by atoms with E-state index in [4.69, 9.17) is 0 Å². The zero-order chi connectivity index (χ0) is 19.7. The summed E-state index contributed by atoms with van der Waals surface area (Å²) in [4.78, 5) is 30.0. The summed E-state index contributed by atoms with van der Waals surface area (Å²) in [6.07, 6.45) is 6.45. The Labute approximate surface area is 169 Å². The van der Waals surface area contributed by atoms with Gasteiger partial charge in [0.25, 0.3) is 11.6 Å². The highest BCUT2D eigenvalue weighted by Gasteiger charge is 2.31. The zero-order valence-corrected chi connectivity index (χ0v) is 16.4. The van der Waals surface area contributed by atoms with E-state index in [1.165, 1.54) is 12.4 Å². The molecule has 1 aliphatic rings. The topological polar surface area (TPSA) is 81.3 Å². The van der Waals surface area contributed by atoms with Crippen LogP contribution in [0, 0.1) is 10.1 Å². The molecule has 0 N–H and O–H groups in total. The van der Waals surface area contributed by atoms with E-state index in [-0.39, 0.29) is 17.6 Å². The van der Waals surface area contributed by atoms with Crippen molar-refractivity contribution in [1.29, 1.82) is 0 Å². The van der Waals surface area contributed by atoms with Gasteiger partial charge in [0.2, 0.25) is 0 Å². The van der Waals surface area contributed by atoms with Gasteiger partial charge in [-0.2, -0.15) is 0 Å². The van der Waals surface area contributed by atoms with Gasteiger partial charge in [-0.25, -0.2) is 4.98 Å². The first-order valence-electron chi connectivity index (χ1n) is 8.88. The van der Waals surface area contributed by atoms with E-state index < -0.39 is 4.92 Å². The fourth-order valence-corrected chi connectivity index (χ4v) is 4.08. The van der Waals surface area contributed by atoms with Crippen LogP contribution in [0.2, 0.25) is 0 Å². The second kappa shape index (κ2) is 7.55. The van der Waals surface area contributed by atoms with Gasteiger partial charge in [0, 0.05) is 35.0 Å². The summed E-state index contributed by atoms with van der Waals surface area (Å²) >= 11 is 3.48. The number of halogens is 1. The lowest BCUT2D eigenvalue weighted by Crippen LogP contribution is -2.30. The molecule has 1 amide bonds. The number of nitrogens with zero attached hydrogens (tertiary/aromatic N) is 4. The number of imidazole rings is 1. The Hall–Kier alpha value is -3.00. The molecule has 4 rings (SSSR count). The van der Waals surface area contributed by atoms with Crippen LogP contribution in [0.5, 0.6) is 0 Å². The van der Waals surface area contributed by atoms with E-state index in [2.05, 4.69) is 20.9 Å². The van der Waals surface area contributed by atoms with E-state index in [0.29, 0.717) is 17.8 Å². The Morgan fingerprint density at radius 3 is 2.82 bits per heavy atom. The molecule has 1 saturated heterocycles. The van der Waals surface area contributed by atoms with E-state index in [9.17, 15) is 14.9 Å². The van der Waals surface area contributed by atoms with Crippen molar-refractivity contribution in [2.24, 2.45) is 0 Å². The molecule has 1 aromatic heterocycles. The molecule has 2 heterocycles. The lowest BCUT2D eigenvalue weighted by molar-refractivity contribution is -0.384. The maximum absolute atomic E-state index is 13.2. The minimum Gasteiger partial charge on any atom is -0.332 e. The molecule has 1 aliphatic heterocycles. The van der Waals surface area contributed by atoms with E-state index in [0.717, 1.165) is 22.9 Å². The lowest BCUT2D eigenvalue weighted by Gasteiger charge is -2.25. The van der Waals surface area contributed by atoms with Crippen molar-refractivity contribution in [2.75, 3.05) is 6.54 Å². The number of nitro benzene ring substituents is 1. The molecule has 1 fully saturated rings. The molecule has 8 heteroatoms. The average Bonchev–Trinajstić information content (AvgIpc) is 3.39. The first-order chi connectivity index (χ1) is 13.5. The van der Waals surface area contributed by atoms with E-state index in [1.807, 2.05) is 24.3 Å². The monoisotopic (exact) mass is 440 g/mol. The van der Waals surface area contributed by atoms with Crippen LogP contribution in [0.25, 0.3) is 5.69 Å². The van der Waals surface area contributed by atoms with Crippen molar-refractivity contribution in [3.63, 3.8) is 0 Å². The fourth-order valence-electron chi connectivity index (χ4n) is 3.66. The van der Waals surface area contributed by atoms with Gasteiger partial charge in [-0.05, 0) is 42.7 Å². The van der Waals surface area contributed by atoms with Gasteiger partial charge in [0.15, 0.2) is 0 Å². The predicted octanol–water partition coefficient (Wildman–Crippen LogP) is 4.52. The molecular formula is C20H17BrN4O3. The third-order valence-electron chi connectivity index (χ3n) is 4.95. The number of nitro groups is 1. The van der Waals surface area contributed by atoms with Gasteiger partial charge in [0.1, 0.15) is 5.69 Å². The Kier molecular flexibility index (Phi) is 4.95. The maximum Gasteiger partial charge on any atom is 0.294 e. The summed E-state index contributed by atoms with van der Waals surface area (Å²) in [6, 6.07) is 12.5. The number of benzene rings is 2. The molecule has 142 valence electrons. The first kappa shape index (κ1) is 18.4. The molecule has 0 bridgehead atoms. The van der Waals surface area contributed by atoms with Crippen LogP contribution < -0.4 is 0 Å². The number of hydrogen-bond donors (Lipinski definition) is 0. The van der Waals surface area contributed by atoms with E-state index in [1.54, 1.807) is 34.0 Å². The minimum atomic E-state index is -0.470.